The van der Waals surface area contributed by atoms with Crippen molar-refractivity contribution in [2.45, 2.75) is 19.4 Å². The molecule has 6 heteroatoms. The molecule has 0 spiro atoms. The summed E-state index contributed by atoms with van der Waals surface area (Å²) in [5, 5.41) is 5.66. The summed E-state index contributed by atoms with van der Waals surface area (Å²) in [6.45, 7) is 1.13. The van der Waals surface area contributed by atoms with Gasteiger partial charge in [-0.3, -0.25) is 4.79 Å². The molecule has 1 amide bonds. The van der Waals surface area contributed by atoms with Gasteiger partial charge in [0.15, 0.2) is 11.5 Å². The highest BCUT2D eigenvalue weighted by molar-refractivity contribution is 5.75. The molecule has 1 aromatic rings. The van der Waals surface area contributed by atoms with E-state index in [-0.39, 0.29) is 5.91 Å². The molecule has 0 saturated heterocycles. The van der Waals surface area contributed by atoms with Crippen LogP contribution in [0.3, 0.4) is 0 Å². The van der Waals surface area contributed by atoms with Crippen LogP contribution in [-0.4, -0.2) is 40.8 Å². The summed E-state index contributed by atoms with van der Waals surface area (Å²) in [7, 11) is 6.68. The predicted octanol–water partition coefficient (Wildman–Crippen LogP) is 1.33. The van der Waals surface area contributed by atoms with E-state index in [4.69, 9.17) is 14.2 Å². The Morgan fingerprint density at radius 2 is 1.76 bits per heavy atom. The molecule has 0 fully saturated rings. The zero-order valence-corrected chi connectivity index (χ0v) is 13.1. The van der Waals surface area contributed by atoms with Crippen LogP contribution in [0, 0.1) is 0 Å². The molecule has 0 bridgehead atoms. The van der Waals surface area contributed by atoms with Gasteiger partial charge in [0, 0.05) is 20.0 Å². The van der Waals surface area contributed by atoms with Crippen molar-refractivity contribution in [1.82, 2.24) is 10.6 Å². The highest BCUT2D eigenvalue weighted by atomic mass is 16.5. The zero-order chi connectivity index (χ0) is 15.7. The Balaban J connectivity index is 2.77. The van der Waals surface area contributed by atoms with Gasteiger partial charge in [-0.25, -0.2) is 0 Å². The molecule has 0 radical (unpaired) electrons. The van der Waals surface area contributed by atoms with Crippen molar-refractivity contribution >= 4 is 5.91 Å². The standard InChI is InChI=1S/C15H24N2O4/c1-16-10-11-8-12(19-3)15(13(9-11)20-4)21-7-5-6-14(18)17-2/h8-9,16H,5-7,10H2,1-4H3,(H,17,18). The smallest absolute Gasteiger partial charge is 0.219 e. The summed E-state index contributed by atoms with van der Waals surface area (Å²) in [6, 6.07) is 3.82. The van der Waals surface area contributed by atoms with Crippen LogP contribution in [0.2, 0.25) is 0 Å². The molecule has 0 aliphatic heterocycles. The minimum absolute atomic E-state index is 0.00176. The number of methoxy groups -OCH3 is 2. The fourth-order valence-electron chi connectivity index (χ4n) is 1.91. The van der Waals surface area contributed by atoms with Crippen LogP contribution >= 0.6 is 0 Å². The van der Waals surface area contributed by atoms with E-state index in [1.165, 1.54) is 0 Å². The highest BCUT2D eigenvalue weighted by Crippen LogP contribution is 2.38. The van der Waals surface area contributed by atoms with Crippen molar-refractivity contribution in [1.29, 1.82) is 0 Å². The summed E-state index contributed by atoms with van der Waals surface area (Å²) in [6.07, 6.45) is 1.06. The lowest BCUT2D eigenvalue weighted by Gasteiger charge is -2.16. The first kappa shape index (κ1) is 17.1. The molecule has 0 unspecified atom stereocenters. The molecule has 1 aromatic carbocycles. The SMILES string of the molecule is CNCc1cc(OC)c(OCCCC(=O)NC)c(OC)c1. The van der Waals surface area contributed by atoms with E-state index in [1.54, 1.807) is 21.3 Å². The van der Waals surface area contributed by atoms with E-state index in [2.05, 4.69) is 10.6 Å². The lowest BCUT2D eigenvalue weighted by molar-refractivity contribution is -0.120. The first-order chi connectivity index (χ1) is 10.2. The lowest BCUT2D eigenvalue weighted by atomic mass is 10.2. The Bertz CT molecular complexity index is 438. The number of hydrogen-bond donors (Lipinski definition) is 2. The van der Waals surface area contributed by atoms with E-state index in [0.717, 1.165) is 5.56 Å². The zero-order valence-electron chi connectivity index (χ0n) is 13.1. The number of hydrogen-bond acceptors (Lipinski definition) is 5. The third-order valence-electron chi connectivity index (χ3n) is 2.97. The van der Waals surface area contributed by atoms with E-state index >= 15 is 0 Å². The maximum absolute atomic E-state index is 11.2. The summed E-state index contributed by atoms with van der Waals surface area (Å²) >= 11 is 0. The molecule has 0 atom stereocenters. The number of nitrogens with one attached hydrogen (secondary N) is 2. The van der Waals surface area contributed by atoms with Gasteiger partial charge in [0.25, 0.3) is 0 Å². The van der Waals surface area contributed by atoms with Crippen molar-refractivity contribution in [2.75, 3.05) is 34.9 Å². The Hall–Kier alpha value is -1.95. The molecule has 6 nitrogen and oxygen atoms in total. The average Bonchev–Trinajstić information content (AvgIpc) is 2.51. The van der Waals surface area contributed by atoms with Crippen molar-refractivity contribution in [3.8, 4) is 17.2 Å². The first-order valence-corrected chi connectivity index (χ1v) is 6.89. The second kappa shape index (κ2) is 9.07. The topological polar surface area (TPSA) is 68.8 Å². The van der Waals surface area contributed by atoms with Crippen molar-refractivity contribution in [3.05, 3.63) is 17.7 Å². The van der Waals surface area contributed by atoms with Crippen LogP contribution in [0.25, 0.3) is 0 Å². The molecule has 1 rings (SSSR count). The Kier molecular flexibility index (Phi) is 7.39. The van der Waals surface area contributed by atoms with Gasteiger partial charge in [0.2, 0.25) is 11.7 Å². The van der Waals surface area contributed by atoms with Gasteiger partial charge in [-0.2, -0.15) is 0 Å². The van der Waals surface area contributed by atoms with Crippen LogP contribution in [0.1, 0.15) is 18.4 Å². The minimum atomic E-state index is 0.00176. The van der Waals surface area contributed by atoms with Gasteiger partial charge >= 0.3 is 0 Å². The summed E-state index contributed by atoms with van der Waals surface area (Å²) in [5.74, 6) is 1.82. The second-order valence-electron chi connectivity index (χ2n) is 4.48. The molecule has 0 aromatic heterocycles. The molecule has 0 heterocycles. The maximum atomic E-state index is 11.2. The van der Waals surface area contributed by atoms with Crippen LogP contribution < -0.4 is 24.8 Å². The average molecular weight is 296 g/mol. The number of carbonyl (C=O) groups is 1. The summed E-state index contributed by atoms with van der Waals surface area (Å²) in [5.41, 5.74) is 1.05. The van der Waals surface area contributed by atoms with Gasteiger partial charge in [0.1, 0.15) is 0 Å². The molecule has 21 heavy (non-hydrogen) atoms. The maximum Gasteiger partial charge on any atom is 0.219 e. The number of benzene rings is 1. The Morgan fingerprint density at radius 3 is 2.24 bits per heavy atom. The monoisotopic (exact) mass is 296 g/mol. The number of amides is 1. The Morgan fingerprint density at radius 1 is 1.14 bits per heavy atom. The van der Waals surface area contributed by atoms with Gasteiger partial charge in [-0.15, -0.1) is 0 Å². The summed E-state index contributed by atoms with van der Waals surface area (Å²) in [4.78, 5) is 11.2. The number of carbonyl (C=O) groups excluding carboxylic acids is 1. The highest BCUT2D eigenvalue weighted by Gasteiger charge is 2.14. The number of rotatable bonds is 9. The van der Waals surface area contributed by atoms with E-state index in [1.807, 2.05) is 19.2 Å². The first-order valence-electron chi connectivity index (χ1n) is 6.89. The fraction of sp³-hybridized carbons (Fsp3) is 0.533. The normalized spacial score (nSPS) is 10.1. The van der Waals surface area contributed by atoms with Crippen LogP contribution in [0.5, 0.6) is 17.2 Å². The van der Waals surface area contributed by atoms with Gasteiger partial charge in [-0.1, -0.05) is 0 Å². The molecular weight excluding hydrogens is 272 g/mol. The van der Waals surface area contributed by atoms with Crippen LogP contribution in [-0.2, 0) is 11.3 Å². The Labute approximate surface area is 125 Å². The minimum Gasteiger partial charge on any atom is -0.493 e. The molecule has 0 saturated carbocycles. The molecule has 0 aliphatic rings. The molecular formula is C15H24N2O4. The van der Waals surface area contributed by atoms with Gasteiger partial charge < -0.3 is 24.8 Å². The molecule has 118 valence electrons. The quantitative estimate of drug-likeness (QED) is 0.673. The number of ether oxygens (including phenoxy) is 3. The van der Waals surface area contributed by atoms with Crippen molar-refractivity contribution in [2.24, 2.45) is 0 Å². The van der Waals surface area contributed by atoms with Gasteiger partial charge in [-0.05, 0) is 31.2 Å². The third kappa shape index (κ3) is 5.15. The molecule has 0 aliphatic carbocycles. The fourth-order valence-corrected chi connectivity index (χ4v) is 1.91. The second-order valence-corrected chi connectivity index (χ2v) is 4.48. The van der Waals surface area contributed by atoms with Crippen molar-refractivity contribution < 1.29 is 19.0 Å². The van der Waals surface area contributed by atoms with Crippen molar-refractivity contribution in [3.63, 3.8) is 0 Å². The van der Waals surface area contributed by atoms with Gasteiger partial charge in [0.05, 0.1) is 20.8 Å². The van der Waals surface area contributed by atoms with E-state index in [9.17, 15) is 4.79 Å². The van der Waals surface area contributed by atoms with Crippen LogP contribution in [0.15, 0.2) is 12.1 Å². The van der Waals surface area contributed by atoms with E-state index < -0.39 is 0 Å². The van der Waals surface area contributed by atoms with Crippen LogP contribution in [0.4, 0.5) is 0 Å². The lowest BCUT2D eigenvalue weighted by Crippen LogP contribution is -2.18. The predicted molar refractivity (Wildman–Crippen MR) is 81.1 cm³/mol. The third-order valence-corrected chi connectivity index (χ3v) is 2.97. The largest absolute Gasteiger partial charge is 0.493 e. The van der Waals surface area contributed by atoms with E-state index in [0.29, 0.717) is 43.2 Å². The molecule has 2 N–H and O–H groups in total. The summed E-state index contributed by atoms with van der Waals surface area (Å²) < 4.78 is 16.5.